The van der Waals surface area contributed by atoms with E-state index in [4.69, 9.17) is 5.73 Å². The highest BCUT2D eigenvalue weighted by Gasteiger charge is 2.37. The van der Waals surface area contributed by atoms with Crippen molar-refractivity contribution in [3.63, 3.8) is 0 Å². The number of benzene rings is 1. The largest absolute Gasteiger partial charge is 0.354 e. The molecule has 1 aromatic rings. The summed E-state index contributed by atoms with van der Waals surface area (Å²) in [5.41, 5.74) is 6.98. The van der Waals surface area contributed by atoms with Crippen LogP contribution in [0.2, 0.25) is 0 Å². The van der Waals surface area contributed by atoms with Crippen molar-refractivity contribution in [2.24, 2.45) is 11.7 Å². The monoisotopic (exact) mass is 288 g/mol. The fraction of sp³-hybridized carbons (Fsp3) is 0.611. The summed E-state index contributed by atoms with van der Waals surface area (Å²) in [7, 11) is 0. The molecular formula is C18H28N2O. The minimum absolute atomic E-state index is 0.0364. The van der Waals surface area contributed by atoms with Gasteiger partial charge in [-0.05, 0) is 36.7 Å². The van der Waals surface area contributed by atoms with E-state index in [0.29, 0.717) is 18.4 Å². The Bertz CT molecular complexity index is 460. The first-order chi connectivity index (χ1) is 10.0. The lowest BCUT2D eigenvalue weighted by Gasteiger charge is -2.35. The SMILES string of the molecule is CC1CCCC(N)(C(=O)NCCC(C)c2ccccc2)C1. The number of carbonyl (C=O) groups excluding carboxylic acids is 1. The summed E-state index contributed by atoms with van der Waals surface area (Å²) in [6, 6.07) is 10.4. The Kier molecular flexibility index (Phi) is 5.40. The van der Waals surface area contributed by atoms with Gasteiger partial charge in [0.25, 0.3) is 0 Å². The molecule has 0 saturated heterocycles. The predicted molar refractivity (Wildman–Crippen MR) is 87.0 cm³/mol. The maximum absolute atomic E-state index is 12.3. The Labute approximate surface area is 128 Å². The molecule has 0 heterocycles. The molecule has 0 bridgehead atoms. The van der Waals surface area contributed by atoms with Crippen LogP contribution in [0.15, 0.2) is 30.3 Å². The van der Waals surface area contributed by atoms with E-state index in [1.165, 1.54) is 12.0 Å². The van der Waals surface area contributed by atoms with Crippen molar-refractivity contribution in [2.75, 3.05) is 6.54 Å². The van der Waals surface area contributed by atoms with Gasteiger partial charge >= 0.3 is 0 Å². The Hall–Kier alpha value is -1.35. The third-order valence-electron chi connectivity index (χ3n) is 4.72. The highest BCUT2D eigenvalue weighted by Crippen LogP contribution is 2.30. The lowest BCUT2D eigenvalue weighted by molar-refractivity contribution is -0.128. The van der Waals surface area contributed by atoms with Crippen molar-refractivity contribution >= 4 is 5.91 Å². The van der Waals surface area contributed by atoms with Crippen LogP contribution in [0.25, 0.3) is 0 Å². The van der Waals surface area contributed by atoms with Crippen LogP contribution in [0.5, 0.6) is 0 Å². The van der Waals surface area contributed by atoms with Gasteiger partial charge in [-0.1, -0.05) is 57.0 Å². The van der Waals surface area contributed by atoms with Gasteiger partial charge in [0.2, 0.25) is 5.91 Å². The topological polar surface area (TPSA) is 55.1 Å². The second kappa shape index (κ2) is 7.08. The summed E-state index contributed by atoms with van der Waals surface area (Å²) < 4.78 is 0. The van der Waals surface area contributed by atoms with E-state index in [2.05, 4.69) is 43.4 Å². The van der Waals surface area contributed by atoms with Gasteiger partial charge in [-0.3, -0.25) is 4.79 Å². The van der Waals surface area contributed by atoms with Crippen molar-refractivity contribution in [1.82, 2.24) is 5.32 Å². The van der Waals surface area contributed by atoms with Crippen molar-refractivity contribution < 1.29 is 4.79 Å². The Morgan fingerprint density at radius 1 is 1.43 bits per heavy atom. The summed E-state index contributed by atoms with van der Waals surface area (Å²) in [6.45, 7) is 5.08. The molecule has 3 nitrogen and oxygen atoms in total. The van der Waals surface area contributed by atoms with Crippen molar-refractivity contribution in [1.29, 1.82) is 0 Å². The molecule has 3 heteroatoms. The van der Waals surface area contributed by atoms with Crippen LogP contribution in [0.3, 0.4) is 0 Å². The average Bonchev–Trinajstić information content (AvgIpc) is 2.47. The third kappa shape index (κ3) is 4.31. The van der Waals surface area contributed by atoms with Gasteiger partial charge in [-0.2, -0.15) is 0 Å². The van der Waals surface area contributed by atoms with Gasteiger partial charge in [-0.25, -0.2) is 0 Å². The van der Waals surface area contributed by atoms with E-state index in [-0.39, 0.29) is 5.91 Å². The fourth-order valence-corrected chi connectivity index (χ4v) is 3.32. The molecule has 1 aliphatic rings. The van der Waals surface area contributed by atoms with E-state index in [1.807, 2.05) is 6.07 Å². The maximum Gasteiger partial charge on any atom is 0.240 e. The van der Waals surface area contributed by atoms with Crippen LogP contribution in [0.1, 0.15) is 57.4 Å². The summed E-state index contributed by atoms with van der Waals surface area (Å²) in [5.74, 6) is 1.04. The molecule has 3 atom stereocenters. The summed E-state index contributed by atoms with van der Waals surface area (Å²) in [5, 5.41) is 3.05. The number of amides is 1. The quantitative estimate of drug-likeness (QED) is 0.874. The molecule has 1 aliphatic carbocycles. The zero-order valence-electron chi connectivity index (χ0n) is 13.3. The molecule has 0 spiro atoms. The predicted octanol–water partition coefficient (Wildman–Crippen LogP) is 3.20. The van der Waals surface area contributed by atoms with Crippen LogP contribution in [-0.4, -0.2) is 18.0 Å². The number of carbonyl (C=O) groups is 1. The van der Waals surface area contributed by atoms with Gasteiger partial charge in [-0.15, -0.1) is 0 Å². The second-order valence-corrected chi connectivity index (χ2v) is 6.71. The van der Waals surface area contributed by atoms with E-state index < -0.39 is 5.54 Å². The van der Waals surface area contributed by atoms with Crippen LogP contribution < -0.4 is 11.1 Å². The fourth-order valence-electron chi connectivity index (χ4n) is 3.32. The molecular weight excluding hydrogens is 260 g/mol. The van der Waals surface area contributed by atoms with Gasteiger partial charge in [0.05, 0.1) is 5.54 Å². The molecule has 1 amide bonds. The first kappa shape index (κ1) is 16.0. The van der Waals surface area contributed by atoms with Crippen LogP contribution in [0.4, 0.5) is 0 Å². The molecule has 0 radical (unpaired) electrons. The minimum atomic E-state index is -0.645. The molecule has 3 unspecified atom stereocenters. The van der Waals surface area contributed by atoms with Crippen LogP contribution in [-0.2, 0) is 4.79 Å². The van der Waals surface area contributed by atoms with E-state index in [9.17, 15) is 4.79 Å². The first-order valence-corrected chi connectivity index (χ1v) is 8.13. The molecule has 1 saturated carbocycles. The summed E-state index contributed by atoms with van der Waals surface area (Å²) in [4.78, 5) is 12.3. The standard InChI is InChI=1S/C18H28N2O/c1-14-7-6-11-18(19,13-14)17(21)20-12-10-15(2)16-8-4-3-5-9-16/h3-5,8-9,14-15H,6-7,10-13,19H2,1-2H3,(H,20,21). The lowest BCUT2D eigenvalue weighted by Crippen LogP contribution is -2.56. The summed E-state index contributed by atoms with van der Waals surface area (Å²) >= 11 is 0. The molecule has 1 fully saturated rings. The molecule has 21 heavy (non-hydrogen) atoms. The smallest absolute Gasteiger partial charge is 0.240 e. The number of rotatable bonds is 5. The highest BCUT2D eigenvalue weighted by molar-refractivity contribution is 5.86. The molecule has 3 N–H and O–H groups in total. The van der Waals surface area contributed by atoms with Crippen LogP contribution in [0, 0.1) is 5.92 Å². The Morgan fingerprint density at radius 2 is 2.14 bits per heavy atom. The van der Waals surface area contributed by atoms with Gasteiger partial charge in [0.1, 0.15) is 0 Å². The summed E-state index contributed by atoms with van der Waals surface area (Å²) in [6.07, 6.45) is 4.83. The van der Waals surface area contributed by atoms with Gasteiger partial charge in [0, 0.05) is 6.54 Å². The second-order valence-electron chi connectivity index (χ2n) is 6.71. The zero-order valence-corrected chi connectivity index (χ0v) is 13.3. The minimum Gasteiger partial charge on any atom is -0.354 e. The molecule has 116 valence electrons. The number of nitrogens with one attached hydrogen (secondary N) is 1. The lowest BCUT2D eigenvalue weighted by atomic mass is 9.76. The Morgan fingerprint density at radius 3 is 2.81 bits per heavy atom. The van der Waals surface area contributed by atoms with Crippen LogP contribution >= 0.6 is 0 Å². The third-order valence-corrected chi connectivity index (χ3v) is 4.72. The highest BCUT2D eigenvalue weighted by atomic mass is 16.2. The number of hydrogen-bond acceptors (Lipinski definition) is 2. The number of nitrogens with two attached hydrogens (primary N) is 1. The first-order valence-electron chi connectivity index (χ1n) is 8.13. The average molecular weight is 288 g/mol. The van der Waals surface area contributed by atoms with Crippen molar-refractivity contribution in [3.8, 4) is 0 Å². The molecule has 0 aliphatic heterocycles. The van der Waals surface area contributed by atoms with E-state index >= 15 is 0 Å². The number of hydrogen-bond donors (Lipinski definition) is 2. The molecule has 1 aromatic carbocycles. The zero-order chi connectivity index (χ0) is 15.3. The maximum atomic E-state index is 12.3. The van der Waals surface area contributed by atoms with Gasteiger partial charge < -0.3 is 11.1 Å². The molecule has 0 aromatic heterocycles. The Balaban J connectivity index is 1.79. The normalized spacial score (nSPS) is 27.1. The van der Waals surface area contributed by atoms with E-state index in [1.54, 1.807) is 0 Å². The van der Waals surface area contributed by atoms with Crippen molar-refractivity contribution in [3.05, 3.63) is 35.9 Å². The van der Waals surface area contributed by atoms with Crippen molar-refractivity contribution in [2.45, 2.75) is 57.4 Å². The van der Waals surface area contributed by atoms with Gasteiger partial charge in [0.15, 0.2) is 0 Å². The molecule has 2 rings (SSSR count). The van der Waals surface area contributed by atoms with E-state index in [0.717, 1.165) is 25.7 Å².